The maximum Gasteiger partial charge on any atom is 0.404 e. The topological polar surface area (TPSA) is 107 Å². The quantitative estimate of drug-likeness (QED) is 0.547. The van der Waals surface area contributed by atoms with E-state index in [1.807, 2.05) is 0 Å². The van der Waals surface area contributed by atoms with Gasteiger partial charge in [-0.05, 0) is 58.5 Å². The number of nitrogens with one attached hydrogen (secondary N) is 3. The highest BCUT2D eigenvalue weighted by atomic mass is 79.9. The van der Waals surface area contributed by atoms with Crippen LogP contribution in [0.3, 0.4) is 0 Å². The molecule has 2 aromatic rings. The van der Waals surface area contributed by atoms with Crippen molar-refractivity contribution in [2.24, 2.45) is 11.3 Å². The highest BCUT2D eigenvalue weighted by Crippen LogP contribution is 2.52. The molecule has 0 bridgehead atoms. The summed E-state index contributed by atoms with van der Waals surface area (Å²) in [6.07, 6.45) is 7.01. The fraction of sp³-hybridized carbons (Fsp3) is 0.550. The number of pyridine rings is 1. The van der Waals surface area contributed by atoms with E-state index in [1.165, 1.54) is 0 Å². The Kier molecular flexibility index (Phi) is 4.85. The Labute approximate surface area is 171 Å². The Morgan fingerprint density at radius 3 is 2.79 bits per heavy atom. The molecule has 150 valence electrons. The van der Waals surface area contributed by atoms with Crippen LogP contribution < -0.4 is 10.6 Å². The van der Waals surface area contributed by atoms with Gasteiger partial charge in [0.25, 0.3) is 0 Å². The molecule has 2 aliphatic carbocycles. The average Bonchev–Trinajstić information content (AvgIpc) is 3.09. The fourth-order valence-corrected chi connectivity index (χ4v) is 5.11. The summed E-state index contributed by atoms with van der Waals surface area (Å²) < 4.78 is 0.892. The molecular weight excluding hydrogens is 424 g/mol. The number of amides is 2. The first-order valence-corrected chi connectivity index (χ1v) is 10.5. The van der Waals surface area contributed by atoms with Crippen molar-refractivity contribution >= 4 is 44.7 Å². The van der Waals surface area contributed by atoms with Gasteiger partial charge in [0.05, 0.1) is 5.69 Å². The van der Waals surface area contributed by atoms with Crippen LogP contribution in [-0.2, 0) is 4.79 Å². The predicted molar refractivity (Wildman–Crippen MR) is 110 cm³/mol. The van der Waals surface area contributed by atoms with Gasteiger partial charge < -0.3 is 20.7 Å². The molecule has 2 fully saturated rings. The zero-order chi connectivity index (χ0) is 20.1. The third-order valence-electron chi connectivity index (χ3n) is 6.19. The van der Waals surface area contributed by atoms with Crippen molar-refractivity contribution in [3.63, 3.8) is 0 Å². The SMILES string of the molecule is CC1(C)CC1C(=O)Nc1c[nH]c2ncc(Br)c(C3CCC[C@@H](NC(=O)O)C3)c12. The number of aromatic nitrogens is 2. The highest BCUT2D eigenvalue weighted by molar-refractivity contribution is 9.10. The number of nitrogens with zero attached hydrogens (tertiary/aromatic N) is 1. The van der Waals surface area contributed by atoms with Gasteiger partial charge in [-0.15, -0.1) is 0 Å². The summed E-state index contributed by atoms with van der Waals surface area (Å²) in [5.41, 5.74) is 2.64. The van der Waals surface area contributed by atoms with E-state index in [0.29, 0.717) is 0 Å². The van der Waals surface area contributed by atoms with Crippen LogP contribution in [0.15, 0.2) is 16.9 Å². The number of halogens is 1. The molecule has 4 rings (SSSR count). The van der Waals surface area contributed by atoms with Crippen LogP contribution in [-0.4, -0.2) is 33.1 Å². The van der Waals surface area contributed by atoms with Crippen LogP contribution in [0.2, 0.25) is 0 Å². The van der Waals surface area contributed by atoms with Crippen LogP contribution >= 0.6 is 15.9 Å². The molecule has 2 unspecified atom stereocenters. The number of carbonyl (C=O) groups is 2. The van der Waals surface area contributed by atoms with Crippen LogP contribution in [0.25, 0.3) is 11.0 Å². The minimum absolute atomic E-state index is 0.0415. The third kappa shape index (κ3) is 3.62. The van der Waals surface area contributed by atoms with Crippen LogP contribution in [0.1, 0.15) is 57.4 Å². The molecule has 2 amide bonds. The van der Waals surface area contributed by atoms with Gasteiger partial charge in [0, 0.05) is 34.2 Å². The Hall–Kier alpha value is -2.09. The lowest BCUT2D eigenvalue weighted by atomic mass is 9.80. The molecule has 2 heterocycles. The Morgan fingerprint density at radius 2 is 2.11 bits per heavy atom. The van der Waals surface area contributed by atoms with E-state index < -0.39 is 6.09 Å². The van der Waals surface area contributed by atoms with Crippen LogP contribution in [0, 0.1) is 11.3 Å². The number of hydrogen-bond acceptors (Lipinski definition) is 3. The molecule has 0 radical (unpaired) electrons. The van der Waals surface area contributed by atoms with Crippen LogP contribution in [0.4, 0.5) is 10.5 Å². The molecule has 0 aromatic carbocycles. The number of rotatable bonds is 4. The van der Waals surface area contributed by atoms with Gasteiger partial charge in [-0.1, -0.05) is 20.3 Å². The molecule has 28 heavy (non-hydrogen) atoms. The van der Waals surface area contributed by atoms with Crippen molar-refractivity contribution in [3.05, 3.63) is 22.4 Å². The number of H-pyrrole nitrogens is 1. The van der Waals surface area contributed by atoms with Gasteiger partial charge >= 0.3 is 6.09 Å². The summed E-state index contributed by atoms with van der Waals surface area (Å²) >= 11 is 3.64. The van der Waals surface area contributed by atoms with Gasteiger partial charge in [0.2, 0.25) is 5.91 Å². The highest BCUT2D eigenvalue weighted by Gasteiger charge is 2.50. The van der Waals surface area contributed by atoms with Gasteiger partial charge in [0.15, 0.2) is 0 Å². The fourth-order valence-electron chi connectivity index (χ4n) is 4.49. The monoisotopic (exact) mass is 448 g/mol. The Balaban J connectivity index is 1.66. The first-order chi connectivity index (χ1) is 13.3. The van der Waals surface area contributed by atoms with E-state index >= 15 is 0 Å². The molecule has 4 N–H and O–H groups in total. The van der Waals surface area contributed by atoms with E-state index in [4.69, 9.17) is 5.11 Å². The molecule has 2 aliphatic rings. The standard InChI is InChI=1S/C20H25BrN4O3/c1-20(2)7-12(20)18(26)25-14-9-23-17-16(14)15(13(21)8-22-17)10-4-3-5-11(6-10)24-19(27)28/h8-12,24H,3-7H2,1-2H3,(H,22,23)(H,25,26)(H,27,28)/t10?,11-,12?/m1/s1. The molecule has 7 nitrogen and oxygen atoms in total. The smallest absolute Gasteiger partial charge is 0.404 e. The van der Waals surface area contributed by atoms with E-state index in [-0.39, 0.29) is 29.2 Å². The van der Waals surface area contributed by atoms with Crippen molar-refractivity contribution in [1.82, 2.24) is 15.3 Å². The van der Waals surface area contributed by atoms with E-state index in [1.54, 1.807) is 12.4 Å². The average molecular weight is 449 g/mol. The van der Waals surface area contributed by atoms with Gasteiger partial charge in [-0.3, -0.25) is 4.79 Å². The third-order valence-corrected chi connectivity index (χ3v) is 6.82. The van der Waals surface area contributed by atoms with Crippen molar-refractivity contribution in [1.29, 1.82) is 0 Å². The molecular formula is C20H25BrN4O3. The van der Waals surface area contributed by atoms with Gasteiger partial charge in [0.1, 0.15) is 5.65 Å². The molecule has 3 atom stereocenters. The summed E-state index contributed by atoms with van der Waals surface area (Å²) in [6.45, 7) is 4.21. The lowest BCUT2D eigenvalue weighted by molar-refractivity contribution is -0.117. The number of carboxylic acid groups (broad SMARTS) is 1. The van der Waals surface area contributed by atoms with Crippen molar-refractivity contribution in [2.45, 2.75) is 57.9 Å². The van der Waals surface area contributed by atoms with E-state index in [2.05, 4.69) is 50.4 Å². The van der Waals surface area contributed by atoms with Crippen molar-refractivity contribution in [3.8, 4) is 0 Å². The predicted octanol–water partition coefficient (Wildman–Crippen LogP) is 4.60. The number of hydrogen-bond donors (Lipinski definition) is 4. The second-order valence-electron chi connectivity index (χ2n) is 8.69. The number of aromatic amines is 1. The summed E-state index contributed by atoms with van der Waals surface area (Å²) in [4.78, 5) is 31.3. The molecule has 2 aromatic heterocycles. The van der Waals surface area contributed by atoms with E-state index in [9.17, 15) is 9.59 Å². The first kappa shape index (κ1) is 19.2. The zero-order valence-corrected chi connectivity index (χ0v) is 17.6. The normalized spacial score (nSPS) is 26.0. The molecule has 2 saturated carbocycles. The van der Waals surface area contributed by atoms with Gasteiger partial charge in [-0.25, -0.2) is 9.78 Å². The minimum Gasteiger partial charge on any atom is -0.465 e. The van der Waals surface area contributed by atoms with Crippen molar-refractivity contribution in [2.75, 3.05) is 5.32 Å². The van der Waals surface area contributed by atoms with Gasteiger partial charge in [-0.2, -0.15) is 0 Å². The van der Waals surface area contributed by atoms with Crippen LogP contribution in [0.5, 0.6) is 0 Å². The number of fused-ring (bicyclic) bond motifs is 1. The second kappa shape index (κ2) is 7.06. The minimum atomic E-state index is -0.980. The maximum absolute atomic E-state index is 12.6. The Bertz CT molecular complexity index is 939. The van der Waals surface area contributed by atoms with E-state index in [0.717, 1.165) is 58.9 Å². The molecule has 0 aliphatic heterocycles. The maximum atomic E-state index is 12.6. The lowest BCUT2D eigenvalue weighted by Gasteiger charge is -2.30. The molecule has 8 heteroatoms. The summed E-state index contributed by atoms with van der Waals surface area (Å²) in [5.74, 6) is 0.278. The summed E-state index contributed by atoms with van der Waals surface area (Å²) in [7, 11) is 0. The second-order valence-corrected chi connectivity index (χ2v) is 9.54. The zero-order valence-electron chi connectivity index (χ0n) is 16.0. The summed E-state index contributed by atoms with van der Waals surface area (Å²) in [5, 5.41) is 15.7. The summed E-state index contributed by atoms with van der Waals surface area (Å²) in [6, 6.07) is -0.0596. The number of anilines is 1. The van der Waals surface area contributed by atoms with Crippen molar-refractivity contribution < 1.29 is 14.7 Å². The largest absolute Gasteiger partial charge is 0.465 e. The number of carbonyl (C=O) groups excluding carboxylic acids is 1. The Morgan fingerprint density at radius 1 is 1.36 bits per heavy atom. The molecule has 0 spiro atoms. The first-order valence-electron chi connectivity index (χ1n) is 9.72. The molecule has 0 saturated heterocycles. The lowest BCUT2D eigenvalue weighted by Crippen LogP contribution is -2.37.